The maximum Gasteiger partial charge on any atom is 0.417 e. The molecule has 0 saturated heterocycles. The van der Waals surface area contributed by atoms with Crippen LogP contribution in [0.15, 0.2) is 48.7 Å². The number of carbonyl (C=O) groups excluding carboxylic acids is 1. The molecule has 0 atom stereocenters. The molecule has 3 rings (SSSR count). The largest absolute Gasteiger partial charge is 0.417 e. The summed E-state index contributed by atoms with van der Waals surface area (Å²) in [5.74, 6) is 4.64. The highest BCUT2D eigenvalue weighted by Gasteiger charge is 2.32. The van der Waals surface area contributed by atoms with Gasteiger partial charge < -0.3 is 5.32 Å². The van der Waals surface area contributed by atoms with E-state index in [1.54, 1.807) is 29.7 Å². The van der Waals surface area contributed by atoms with Crippen molar-refractivity contribution >= 4 is 11.6 Å². The molecule has 0 aliphatic carbocycles. The fourth-order valence-electron chi connectivity index (χ4n) is 2.57. The van der Waals surface area contributed by atoms with E-state index in [1.807, 2.05) is 6.07 Å². The number of hydrogen-bond donors (Lipinski definition) is 1. The number of nitrogens with zero attached hydrogens (tertiary/aromatic N) is 2. The van der Waals surface area contributed by atoms with Crippen LogP contribution in [0, 0.1) is 18.8 Å². The van der Waals surface area contributed by atoms with E-state index < -0.39 is 11.7 Å². The van der Waals surface area contributed by atoms with Crippen molar-refractivity contribution in [3.05, 3.63) is 71.2 Å². The van der Waals surface area contributed by atoms with Gasteiger partial charge in [0, 0.05) is 11.8 Å². The Morgan fingerprint density at radius 1 is 1.19 bits per heavy atom. The summed E-state index contributed by atoms with van der Waals surface area (Å²) < 4.78 is 40.4. The first kappa shape index (κ1) is 17.5. The predicted octanol–water partition coefficient (Wildman–Crippen LogP) is 3.44. The van der Waals surface area contributed by atoms with Crippen LogP contribution < -0.4 is 5.32 Å². The zero-order valence-corrected chi connectivity index (χ0v) is 13.8. The molecule has 0 saturated carbocycles. The normalized spacial score (nSPS) is 11.1. The standard InChI is InChI=1S/C19H14F3N3O/c1-13-17(25-12-5-4-10-16(25)24-13)18(26)23-11-6-8-14-7-2-3-9-15(14)19(20,21)22/h2-5,7,9-10,12H,11H2,1H3,(H,23,26). The number of halogens is 3. The number of fused-ring (bicyclic) bond motifs is 1. The molecule has 7 heteroatoms. The van der Waals surface area contributed by atoms with Crippen molar-refractivity contribution in [1.82, 2.24) is 14.7 Å². The first-order valence-electron chi connectivity index (χ1n) is 7.75. The highest BCUT2D eigenvalue weighted by Crippen LogP contribution is 2.31. The molecule has 2 heterocycles. The summed E-state index contributed by atoms with van der Waals surface area (Å²) in [5, 5.41) is 2.59. The molecule has 1 aromatic carbocycles. The molecule has 0 spiro atoms. The van der Waals surface area contributed by atoms with Crippen molar-refractivity contribution in [2.75, 3.05) is 6.54 Å². The molecule has 0 radical (unpaired) electrons. The molecular weight excluding hydrogens is 343 g/mol. The average Bonchev–Trinajstić information content (AvgIpc) is 2.94. The van der Waals surface area contributed by atoms with Gasteiger partial charge in [-0.05, 0) is 31.2 Å². The minimum Gasteiger partial charge on any atom is -0.340 e. The number of aromatic nitrogens is 2. The third kappa shape index (κ3) is 3.54. The molecule has 1 amide bonds. The first-order chi connectivity index (χ1) is 12.4. The van der Waals surface area contributed by atoms with Gasteiger partial charge in [0.2, 0.25) is 0 Å². The molecule has 4 nitrogen and oxygen atoms in total. The fraction of sp³-hybridized carbons (Fsp3) is 0.158. The minimum atomic E-state index is -4.47. The van der Waals surface area contributed by atoms with Crippen LogP contribution in [0.3, 0.4) is 0 Å². The third-order valence-corrected chi connectivity index (χ3v) is 3.71. The second-order valence-corrected chi connectivity index (χ2v) is 5.50. The van der Waals surface area contributed by atoms with Gasteiger partial charge in [0.1, 0.15) is 11.3 Å². The van der Waals surface area contributed by atoms with Gasteiger partial charge in [0.05, 0.1) is 17.8 Å². The van der Waals surface area contributed by atoms with Crippen LogP contribution in [0.4, 0.5) is 13.2 Å². The quantitative estimate of drug-likeness (QED) is 0.714. The lowest BCUT2D eigenvalue weighted by atomic mass is 10.1. The summed E-state index contributed by atoms with van der Waals surface area (Å²) in [4.78, 5) is 16.6. The number of benzene rings is 1. The number of aryl methyl sites for hydroxylation is 1. The Balaban J connectivity index is 1.75. The average molecular weight is 357 g/mol. The van der Waals surface area contributed by atoms with E-state index in [0.717, 1.165) is 6.07 Å². The van der Waals surface area contributed by atoms with Gasteiger partial charge in [0.25, 0.3) is 5.91 Å². The van der Waals surface area contributed by atoms with Crippen LogP contribution in [0.2, 0.25) is 0 Å². The lowest BCUT2D eigenvalue weighted by Crippen LogP contribution is -2.25. The zero-order valence-electron chi connectivity index (χ0n) is 13.8. The summed E-state index contributed by atoms with van der Waals surface area (Å²) in [6.07, 6.45) is -2.75. The van der Waals surface area contributed by atoms with Crippen LogP contribution in [0.1, 0.15) is 27.3 Å². The Labute approximate surface area is 147 Å². The molecule has 3 aromatic rings. The van der Waals surface area contributed by atoms with E-state index in [1.165, 1.54) is 18.2 Å². The SMILES string of the molecule is Cc1nc2ccccn2c1C(=O)NCC#Cc1ccccc1C(F)(F)F. The summed E-state index contributed by atoms with van der Waals surface area (Å²) in [6.45, 7) is 1.64. The van der Waals surface area contributed by atoms with Crippen molar-refractivity contribution in [3.8, 4) is 11.8 Å². The molecule has 1 N–H and O–H groups in total. The first-order valence-corrected chi connectivity index (χ1v) is 7.75. The second kappa shape index (κ2) is 6.92. The van der Waals surface area contributed by atoms with Gasteiger partial charge in [-0.25, -0.2) is 4.98 Å². The number of carbonyl (C=O) groups is 1. The van der Waals surface area contributed by atoms with Gasteiger partial charge in [-0.1, -0.05) is 30.0 Å². The van der Waals surface area contributed by atoms with Gasteiger partial charge in [0.15, 0.2) is 0 Å². The van der Waals surface area contributed by atoms with E-state index >= 15 is 0 Å². The van der Waals surface area contributed by atoms with Gasteiger partial charge in [-0.15, -0.1) is 0 Å². The van der Waals surface area contributed by atoms with Crippen LogP contribution in [0.25, 0.3) is 5.65 Å². The number of imidazole rings is 1. The van der Waals surface area contributed by atoms with Crippen molar-refractivity contribution in [2.45, 2.75) is 13.1 Å². The Morgan fingerprint density at radius 2 is 1.92 bits per heavy atom. The van der Waals surface area contributed by atoms with Gasteiger partial charge in [-0.2, -0.15) is 13.2 Å². The van der Waals surface area contributed by atoms with Crippen molar-refractivity contribution in [3.63, 3.8) is 0 Å². The van der Waals surface area contributed by atoms with E-state index in [9.17, 15) is 18.0 Å². The third-order valence-electron chi connectivity index (χ3n) is 3.71. The van der Waals surface area contributed by atoms with E-state index in [0.29, 0.717) is 17.0 Å². The summed E-state index contributed by atoms with van der Waals surface area (Å²) in [5.41, 5.74) is 0.652. The summed E-state index contributed by atoms with van der Waals surface area (Å²) in [7, 11) is 0. The Hall–Kier alpha value is -3.27. The number of rotatable bonds is 2. The molecule has 0 aliphatic heterocycles. The lowest BCUT2D eigenvalue weighted by Gasteiger charge is -2.08. The molecule has 0 aliphatic rings. The molecule has 132 valence electrons. The van der Waals surface area contributed by atoms with Gasteiger partial charge >= 0.3 is 6.18 Å². The fourth-order valence-corrected chi connectivity index (χ4v) is 2.57. The smallest absolute Gasteiger partial charge is 0.340 e. The zero-order chi connectivity index (χ0) is 18.7. The van der Waals surface area contributed by atoms with Crippen molar-refractivity contribution in [1.29, 1.82) is 0 Å². The Morgan fingerprint density at radius 3 is 2.69 bits per heavy atom. The molecule has 0 bridgehead atoms. The maximum atomic E-state index is 12.9. The van der Waals surface area contributed by atoms with Crippen molar-refractivity contribution in [2.24, 2.45) is 0 Å². The molecule has 0 unspecified atom stereocenters. The van der Waals surface area contributed by atoms with Crippen LogP contribution in [0.5, 0.6) is 0 Å². The van der Waals surface area contributed by atoms with E-state index in [4.69, 9.17) is 0 Å². The predicted molar refractivity (Wildman–Crippen MR) is 90.6 cm³/mol. The summed E-state index contributed by atoms with van der Waals surface area (Å²) in [6, 6.07) is 10.4. The number of pyridine rings is 1. The molecule has 26 heavy (non-hydrogen) atoms. The van der Waals surface area contributed by atoms with Crippen LogP contribution in [-0.2, 0) is 6.18 Å². The number of nitrogens with one attached hydrogen (secondary N) is 1. The topological polar surface area (TPSA) is 46.4 Å². The molecular formula is C19H14F3N3O. The highest BCUT2D eigenvalue weighted by molar-refractivity contribution is 5.94. The maximum absolute atomic E-state index is 12.9. The van der Waals surface area contributed by atoms with E-state index in [2.05, 4.69) is 22.1 Å². The monoisotopic (exact) mass is 357 g/mol. The number of hydrogen-bond acceptors (Lipinski definition) is 2. The molecule has 2 aromatic heterocycles. The van der Waals surface area contributed by atoms with Crippen LogP contribution >= 0.6 is 0 Å². The Bertz CT molecular complexity index is 1030. The van der Waals surface area contributed by atoms with Crippen LogP contribution in [-0.4, -0.2) is 21.8 Å². The highest BCUT2D eigenvalue weighted by atomic mass is 19.4. The lowest BCUT2D eigenvalue weighted by molar-refractivity contribution is -0.137. The van der Waals surface area contributed by atoms with Crippen molar-refractivity contribution < 1.29 is 18.0 Å². The Kier molecular flexibility index (Phi) is 4.67. The minimum absolute atomic E-state index is 0.0788. The van der Waals surface area contributed by atoms with E-state index in [-0.39, 0.29) is 18.0 Å². The number of alkyl halides is 3. The van der Waals surface area contributed by atoms with Gasteiger partial charge in [-0.3, -0.25) is 9.20 Å². The molecule has 0 fully saturated rings. The summed E-state index contributed by atoms with van der Waals surface area (Å²) >= 11 is 0. The number of amides is 1. The second-order valence-electron chi connectivity index (χ2n) is 5.50.